The van der Waals surface area contributed by atoms with Crippen LogP contribution < -0.4 is 10.5 Å². The number of aromatic nitrogens is 1. The lowest BCUT2D eigenvalue weighted by molar-refractivity contribution is -0.00937. The first kappa shape index (κ1) is 20.3. The summed E-state index contributed by atoms with van der Waals surface area (Å²) in [6.07, 6.45) is 1.33. The second-order valence-corrected chi connectivity index (χ2v) is 9.21. The SMILES string of the molecule is CC(C)(N)c1ccc(C(=O)N2CCC3(CC2)Oc2ccccc2-n2c(C#N)ccc23)cc1.[HH]. The van der Waals surface area contributed by atoms with Crippen molar-refractivity contribution in [2.24, 2.45) is 5.73 Å². The topological polar surface area (TPSA) is 84.3 Å². The van der Waals surface area contributed by atoms with Gasteiger partial charge in [-0.15, -0.1) is 0 Å². The molecule has 0 unspecified atom stereocenters. The summed E-state index contributed by atoms with van der Waals surface area (Å²) in [4.78, 5) is 15.0. The van der Waals surface area contributed by atoms with Gasteiger partial charge in [0.05, 0.1) is 11.4 Å². The van der Waals surface area contributed by atoms with Crippen LogP contribution in [0.25, 0.3) is 5.69 Å². The van der Waals surface area contributed by atoms with Crippen LogP contribution in [-0.2, 0) is 11.1 Å². The maximum Gasteiger partial charge on any atom is 0.253 e. The lowest BCUT2D eigenvalue weighted by Crippen LogP contribution is -2.50. The summed E-state index contributed by atoms with van der Waals surface area (Å²) in [6.45, 7) is 5.06. The van der Waals surface area contributed by atoms with Crippen molar-refractivity contribution in [1.82, 2.24) is 9.47 Å². The molecule has 3 aromatic rings. The van der Waals surface area contributed by atoms with Gasteiger partial charge in [0.15, 0.2) is 5.60 Å². The van der Waals surface area contributed by atoms with Crippen LogP contribution in [0, 0.1) is 11.3 Å². The number of benzene rings is 2. The van der Waals surface area contributed by atoms with Crippen molar-refractivity contribution < 1.29 is 11.0 Å². The van der Waals surface area contributed by atoms with Gasteiger partial charge in [0.1, 0.15) is 17.5 Å². The minimum atomic E-state index is -0.548. The van der Waals surface area contributed by atoms with Crippen LogP contribution in [0.1, 0.15) is 55.4 Å². The fourth-order valence-electron chi connectivity index (χ4n) is 4.78. The van der Waals surface area contributed by atoms with E-state index < -0.39 is 11.1 Å². The molecule has 0 aliphatic carbocycles. The summed E-state index contributed by atoms with van der Waals surface area (Å²) in [5, 5.41) is 9.63. The van der Waals surface area contributed by atoms with Gasteiger partial charge in [-0.2, -0.15) is 5.26 Å². The molecule has 32 heavy (non-hydrogen) atoms. The van der Waals surface area contributed by atoms with Crippen molar-refractivity contribution in [3.8, 4) is 17.5 Å². The van der Waals surface area contributed by atoms with Gasteiger partial charge < -0.3 is 15.4 Å². The number of amides is 1. The molecule has 1 amide bonds. The predicted molar refractivity (Wildman–Crippen MR) is 124 cm³/mol. The van der Waals surface area contributed by atoms with Crippen LogP contribution in [0.3, 0.4) is 0 Å². The molecule has 164 valence electrons. The number of nitrogens with two attached hydrogens (primary N) is 1. The van der Waals surface area contributed by atoms with Gasteiger partial charge in [-0.1, -0.05) is 24.3 Å². The van der Waals surface area contributed by atoms with Crippen LogP contribution in [0.5, 0.6) is 5.75 Å². The number of fused-ring (bicyclic) bond motifs is 4. The second kappa shape index (κ2) is 7.25. The highest BCUT2D eigenvalue weighted by Crippen LogP contribution is 2.45. The van der Waals surface area contributed by atoms with Crippen molar-refractivity contribution in [1.29, 1.82) is 5.26 Å². The average Bonchev–Trinajstić information content (AvgIpc) is 3.24. The van der Waals surface area contributed by atoms with Crippen LogP contribution >= 0.6 is 0 Å². The summed E-state index contributed by atoms with van der Waals surface area (Å²) in [7, 11) is 0. The maximum atomic E-state index is 13.1. The molecule has 6 nitrogen and oxygen atoms in total. The number of hydrogen-bond acceptors (Lipinski definition) is 4. The quantitative estimate of drug-likeness (QED) is 0.659. The molecule has 2 aromatic carbocycles. The van der Waals surface area contributed by atoms with E-state index in [-0.39, 0.29) is 7.33 Å². The highest BCUT2D eigenvalue weighted by atomic mass is 16.5. The Bertz CT molecular complexity index is 1230. The molecule has 0 bridgehead atoms. The van der Waals surface area contributed by atoms with Crippen molar-refractivity contribution in [3.63, 3.8) is 0 Å². The highest BCUT2D eigenvalue weighted by Gasteiger charge is 2.45. The van der Waals surface area contributed by atoms with Crippen molar-refractivity contribution in [2.45, 2.75) is 37.8 Å². The Morgan fingerprint density at radius 2 is 1.78 bits per heavy atom. The molecule has 0 radical (unpaired) electrons. The number of ether oxygens (including phenoxy) is 1. The van der Waals surface area contributed by atoms with Crippen molar-refractivity contribution in [2.75, 3.05) is 13.1 Å². The van der Waals surface area contributed by atoms with E-state index in [9.17, 15) is 10.1 Å². The van der Waals surface area contributed by atoms with Gasteiger partial charge in [0.25, 0.3) is 5.91 Å². The van der Waals surface area contributed by atoms with Gasteiger partial charge in [-0.05, 0) is 55.8 Å². The largest absolute Gasteiger partial charge is 0.479 e. The molecule has 0 atom stereocenters. The Hall–Kier alpha value is -3.56. The third kappa shape index (κ3) is 3.17. The Labute approximate surface area is 189 Å². The summed E-state index contributed by atoms with van der Waals surface area (Å²) in [5.74, 6) is 0.790. The zero-order valence-corrected chi connectivity index (χ0v) is 18.3. The zero-order chi connectivity index (χ0) is 22.5. The van der Waals surface area contributed by atoms with E-state index in [1.807, 2.05) is 84.0 Å². The number of carbonyl (C=O) groups excluding carboxylic acids is 1. The summed E-state index contributed by atoms with van der Waals surface area (Å²) in [5.41, 5.74) is 9.29. The Morgan fingerprint density at radius 1 is 1.09 bits per heavy atom. The van der Waals surface area contributed by atoms with E-state index in [1.54, 1.807) is 0 Å². The molecule has 1 saturated heterocycles. The van der Waals surface area contributed by atoms with Gasteiger partial charge in [-0.3, -0.25) is 9.36 Å². The zero-order valence-electron chi connectivity index (χ0n) is 18.3. The molecule has 1 spiro atoms. The van der Waals surface area contributed by atoms with E-state index in [1.165, 1.54) is 0 Å². The molecule has 5 rings (SSSR count). The lowest BCUT2D eigenvalue weighted by atomic mass is 9.86. The molecule has 1 aromatic heterocycles. The molecule has 0 saturated carbocycles. The smallest absolute Gasteiger partial charge is 0.253 e. The summed E-state index contributed by atoms with van der Waals surface area (Å²) < 4.78 is 8.55. The monoisotopic (exact) mass is 428 g/mol. The fourth-order valence-corrected chi connectivity index (χ4v) is 4.78. The number of piperidine rings is 1. The number of nitriles is 1. The molecular weight excluding hydrogens is 400 g/mol. The minimum absolute atomic E-state index is 0. The van der Waals surface area contributed by atoms with Crippen LogP contribution in [0.15, 0.2) is 60.7 Å². The van der Waals surface area contributed by atoms with Crippen molar-refractivity contribution in [3.05, 3.63) is 83.2 Å². The number of nitrogens with zero attached hydrogens (tertiary/aromatic N) is 3. The van der Waals surface area contributed by atoms with E-state index in [0.717, 1.165) is 22.7 Å². The molecule has 3 heterocycles. The van der Waals surface area contributed by atoms with E-state index in [2.05, 4.69) is 6.07 Å². The number of likely N-dealkylation sites (tertiary alicyclic amines) is 1. The molecule has 6 heteroatoms. The summed E-state index contributed by atoms with van der Waals surface area (Å²) >= 11 is 0. The van der Waals surface area contributed by atoms with Gasteiger partial charge in [0, 0.05) is 38.5 Å². The highest BCUT2D eigenvalue weighted by molar-refractivity contribution is 5.94. The van der Waals surface area contributed by atoms with Crippen LogP contribution in [-0.4, -0.2) is 28.5 Å². The fraction of sp³-hybridized carbons (Fsp3) is 0.308. The van der Waals surface area contributed by atoms with Gasteiger partial charge in [0.2, 0.25) is 0 Å². The third-order valence-electron chi connectivity index (χ3n) is 6.61. The van der Waals surface area contributed by atoms with E-state index in [4.69, 9.17) is 10.5 Å². The molecule has 1 fully saturated rings. The Kier molecular flexibility index (Phi) is 4.61. The third-order valence-corrected chi connectivity index (χ3v) is 6.61. The number of para-hydroxylation sites is 2. The predicted octanol–water partition coefficient (Wildman–Crippen LogP) is 4.31. The molecular formula is C26H28N4O2. The first-order chi connectivity index (χ1) is 15.3. The molecule has 2 N–H and O–H groups in total. The van der Waals surface area contributed by atoms with Crippen LogP contribution in [0.4, 0.5) is 0 Å². The summed E-state index contributed by atoms with van der Waals surface area (Å²) in [6, 6.07) is 21.5. The van der Waals surface area contributed by atoms with Crippen LogP contribution in [0.2, 0.25) is 0 Å². The van der Waals surface area contributed by atoms with E-state index >= 15 is 0 Å². The number of hydrogen-bond donors (Lipinski definition) is 1. The van der Waals surface area contributed by atoms with Gasteiger partial charge in [-0.25, -0.2) is 0 Å². The molecule has 2 aliphatic heterocycles. The average molecular weight is 429 g/mol. The first-order valence-electron chi connectivity index (χ1n) is 10.9. The first-order valence-corrected chi connectivity index (χ1v) is 10.9. The Balaban J connectivity index is 0.00000259. The maximum absolute atomic E-state index is 13.1. The van der Waals surface area contributed by atoms with Gasteiger partial charge >= 0.3 is 0 Å². The minimum Gasteiger partial charge on any atom is -0.479 e. The van der Waals surface area contributed by atoms with Crippen molar-refractivity contribution >= 4 is 5.91 Å². The Morgan fingerprint density at radius 3 is 2.44 bits per heavy atom. The van der Waals surface area contributed by atoms with E-state index in [0.29, 0.717) is 37.2 Å². The lowest BCUT2D eigenvalue weighted by Gasteiger charge is -2.45. The normalized spacial score (nSPS) is 16.6. The molecule has 2 aliphatic rings. The second-order valence-electron chi connectivity index (χ2n) is 9.21. The number of carbonyl (C=O) groups is 1. The standard InChI is InChI=1S/C26H26N4O2.H2/c1-25(2,28)19-9-7-18(8-10-19)24(31)29-15-13-26(14-16-29)23-12-11-20(17-27)30(23)21-5-3-4-6-22(21)32-26;/h3-12H,13-16,28H2,1-2H3;1H. The number of rotatable bonds is 2.